The van der Waals surface area contributed by atoms with Crippen LogP contribution < -0.4 is 5.32 Å². The number of hydrogen-bond acceptors (Lipinski definition) is 1. The SMILES string of the molecule is CCCC(C)CCC(CC(C)C)NC. The summed E-state index contributed by atoms with van der Waals surface area (Å²) in [5.41, 5.74) is 0. The van der Waals surface area contributed by atoms with Crippen LogP contribution in [0, 0.1) is 11.8 Å². The van der Waals surface area contributed by atoms with Crippen LogP contribution in [-0.2, 0) is 0 Å². The molecule has 0 radical (unpaired) electrons. The van der Waals surface area contributed by atoms with Crippen LogP contribution in [0.25, 0.3) is 0 Å². The first-order valence-electron chi connectivity index (χ1n) is 6.27. The second kappa shape index (κ2) is 8.28. The van der Waals surface area contributed by atoms with Gasteiger partial charge in [0, 0.05) is 6.04 Å². The fraction of sp³-hybridized carbons (Fsp3) is 1.00. The lowest BCUT2D eigenvalue weighted by Crippen LogP contribution is -2.27. The highest BCUT2D eigenvalue weighted by Gasteiger charge is 2.10. The fourth-order valence-electron chi connectivity index (χ4n) is 2.07. The molecule has 0 aliphatic heterocycles. The van der Waals surface area contributed by atoms with Gasteiger partial charge >= 0.3 is 0 Å². The summed E-state index contributed by atoms with van der Waals surface area (Å²) >= 11 is 0. The summed E-state index contributed by atoms with van der Waals surface area (Å²) in [6, 6.07) is 0.731. The molecule has 0 amide bonds. The first kappa shape index (κ1) is 14.0. The van der Waals surface area contributed by atoms with E-state index >= 15 is 0 Å². The Morgan fingerprint density at radius 1 is 1.00 bits per heavy atom. The predicted molar refractivity (Wildman–Crippen MR) is 65.6 cm³/mol. The van der Waals surface area contributed by atoms with E-state index in [9.17, 15) is 0 Å². The first-order chi connectivity index (χ1) is 6.60. The molecule has 0 saturated carbocycles. The van der Waals surface area contributed by atoms with E-state index in [4.69, 9.17) is 0 Å². The molecule has 14 heavy (non-hydrogen) atoms. The molecule has 0 heterocycles. The van der Waals surface area contributed by atoms with Crippen molar-refractivity contribution in [2.75, 3.05) is 7.05 Å². The summed E-state index contributed by atoms with van der Waals surface area (Å²) in [4.78, 5) is 0. The minimum Gasteiger partial charge on any atom is -0.317 e. The molecule has 0 saturated heterocycles. The lowest BCUT2D eigenvalue weighted by atomic mass is 9.93. The van der Waals surface area contributed by atoms with Gasteiger partial charge in [-0.05, 0) is 38.1 Å². The maximum Gasteiger partial charge on any atom is 0.00665 e. The van der Waals surface area contributed by atoms with Crippen molar-refractivity contribution in [3.63, 3.8) is 0 Å². The minimum atomic E-state index is 0.731. The second-order valence-electron chi connectivity index (χ2n) is 5.09. The number of rotatable bonds is 8. The quantitative estimate of drug-likeness (QED) is 0.626. The summed E-state index contributed by atoms with van der Waals surface area (Å²) in [6.45, 7) is 9.27. The highest BCUT2D eigenvalue weighted by Crippen LogP contribution is 2.16. The van der Waals surface area contributed by atoms with Crippen LogP contribution in [0.1, 0.15) is 59.8 Å². The lowest BCUT2D eigenvalue weighted by molar-refractivity contribution is 0.371. The van der Waals surface area contributed by atoms with Gasteiger partial charge in [-0.2, -0.15) is 0 Å². The molecule has 0 bridgehead atoms. The third-order valence-electron chi connectivity index (χ3n) is 2.95. The van der Waals surface area contributed by atoms with Gasteiger partial charge in [0.15, 0.2) is 0 Å². The van der Waals surface area contributed by atoms with Crippen LogP contribution in [0.15, 0.2) is 0 Å². The molecule has 0 fully saturated rings. The Hall–Kier alpha value is -0.0400. The number of hydrogen-bond donors (Lipinski definition) is 1. The van der Waals surface area contributed by atoms with E-state index in [1.54, 1.807) is 0 Å². The molecule has 0 aromatic rings. The highest BCUT2D eigenvalue weighted by molar-refractivity contribution is 4.68. The largest absolute Gasteiger partial charge is 0.317 e. The zero-order chi connectivity index (χ0) is 11.0. The van der Waals surface area contributed by atoms with Crippen molar-refractivity contribution < 1.29 is 0 Å². The monoisotopic (exact) mass is 199 g/mol. The van der Waals surface area contributed by atoms with Crippen molar-refractivity contribution in [3.05, 3.63) is 0 Å². The Morgan fingerprint density at radius 2 is 1.64 bits per heavy atom. The van der Waals surface area contributed by atoms with Crippen molar-refractivity contribution >= 4 is 0 Å². The van der Waals surface area contributed by atoms with Crippen molar-refractivity contribution in [2.24, 2.45) is 11.8 Å². The van der Waals surface area contributed by atoms with Crippen LogP contribution in [0.2, 0.25) is 0 Å². The minimum absolute atomic E-state index is 0.731. The molecule has 0 aliphatic rings. The standard InChI is InChI=1S/C13H29N/c1-6-7-12(4)8-9-13(14-5)10-11(2)3/h11-14H,6-10H2,1-5H3. The topological polar surface area (TPSA) is 12.0 Å². The van der Waals surface area contributed by atoms with Crippen molar-refractivity contribution in [2.45, 2.75) is 65.8 Å². The van der Waals surface area contributed by atoms with Gasteiger partial charge in [0.05, 0.1) is 0 Å². The summed E-state index contributed by atoms with van der Waals surface area (Å²) in [7, 11) is 2.09. The molecule has 1 heteroatoms. The molecule has 0 aromatic heterocycles. The van der Waals surface area contributed by atoms with Gasteiger partial charge in [-0.15, -0.1) is 0 Å². The normalized spacial score (nSPS) is 15.9. The van der Waals surface area contributed by atoms with Gasteiger partial charge in [-0.1, -0.05) is 40.5 Å². The molecule has 0 aliphatic carbocycles. The third-order valence-corrected chi connectivity index (χ3v) is 2.95. The van der Waals surface area contributed by atoms with Crippen molar-refractivity contribution in [1.29, 1.82) is 0 Å². The first-order valence-corrected chi connectivity index (χ1v) is 6.27. The van der Waals surface area contributed by atoms with E-state index in [-0.39, 0.29) is 0 Å². The molecule has 2 unspecified atom stereocenters. The van der Waals surface area contributed by atoms with E-state index < -0.39 is 0 Å². The van der Waals surface area contributed by atoms with E-state index in [1.807, 2.05) is 0 Å². The highest BCUT2D eigenvalue weighted by atomic mass is 14.9. The molecule has 86 valence electrons. The molecular formula is C13H29N. The smallest absolute Gasteiger partial charge is 0.00665 e. The lowest BCUT2D eigenvalue weighted by Gasteiger charge is -2.20. The Labute approximate surface area is 90.7 Å². The van der Waals surface area contributed by atoms with E-state index in [2.05, 4.69) is 40.1 Å². The van der Waals surface area contributed by atoms with Gasteiger partial charge in [-0.25, -0.2) is 0 Å². The molecule has 1 N–H and O–H groups in total. The maximum absolute atomic E-state index is 3.43. The Kier molecular flexibility index (Phi) is 8.26. The average molecular weight is 199 g/mol. The van der Waals surface area contributed by atoms with Crippen molar-refractivity contribution in [1.82, 2.24) is 5.32 Å². The van der Waals surface area contributed by atoms with Crippen LogP contribution >= 0.6 is 0 Å². The summed E-state index contributed by atoms with van der Waals surface area (Å²) in [5.74, 6) is 1.72. The molecule has 0 rings (SSSR count). The van der Waals surface area contributed by atoms with E-state index in [1.165, 1.54) is 32.1 Å². The van der Waals surface area contributed by atoms with Crippen LogP contribution in [0.5, 0.6) is 0 Å². The van der Waals surface area contributed by atoms with E-state index in [0.29, 0.717) is 0 Å². The van der Waals surface area contributed by atoms with Crippen LogP contribution in [0.4, 0.5) is 0 Å². The third kappa shape index (κ3) is 7.37. The molecule has 0 aromatic carbocycles. The fourth-order valence-corrected chi connectivity index (χ4v) is 2.07. The van der Waals surface area contributed by atoms with Gasteiger partial charge in [0.2, 0.25) is 0 Å². The predicted octanol–water partition coefficient (Wildman–Crippen LogP) is 3.84. The van der Waals surface area contributed by atoms with Gasteiger partial charge in [-0.3, -0.25) is 0 Å². The summed E-state index contributed by atoms with van der Waals surface area (Å²) in [6.07, 6.45) is 6.75. The zero-order valence-electron chi connectivity index (χ0n) is 10.8. The average Bonchev–Trinajstić information content (AvgIpc) is 2.12. The van der Waals surface area contributed by atoms with Gasteiger partial charge in [0.25, 0.3) is 0 Å². The Balaban J connectivity index is 3.60. The van der Waals surface area contributed by atoms with Gasteiger partial charge in [0.1, 0.15) is 0 Å². The Morgan fingerprint density at radius 3 is 2.07 bits per heavy atom. The molecule has 1 nitrogen and oxygen atoms in total. The molecule has 2 atom stereocenters. The van der Waals surface area contributed by atoms with E-state index in [0.717, 1.165) is 17.9 Å². The van der Waals surface area contributed by atoms with Crippen molar-refractivity contribution in [3.8, 4) is 0 Å². The molecular weight excluding hydrogens is 170 g/mol. The second-order valence-corrected chi connectivity index (χ2v) is 5.09. The number of nitrogens with one attached hydrogen (secondary N) is 1. The summed E-state index contributed by atoms with van der Waals surface area (Å²) in [5, 5.41) is 3.43. The maximum atomic E-state index is 3.43. The Bertz CT molecular complexity index is 120. The zero-order valence-corrected chi connectivity index (χ0v) is 10.8. The molecule has 0 spiro atoms. The van der Waals surface area contributed by atoms with Crippen LogP contribution in [-0.4, -0.2) is 13.1 Å². The summed E-state index contributed by atoms with van der Waals surface area (Å²) < 4.78 is 0. The van der Waals surface area contributed by atoms with Gasteiger partial charge < -0.3 is 5.32 Å². The van der Waals surface area contributed by atoms with Crippen LogP contribution in [0.3, 0.4) is 0 Å².